The van der Waals surface area contributed by atoms with Gasteiger partial charge in [0.2, 0.25) is 5.78 Å². The Kier molecular flexibility index (Phi) is 4.06. The summed E-state index contributed by atoms with van der Waals surface area (Å²) in [7, 11) is 0. The second-order valence-electron chi connectivity index (χ2n) is 4.38. The normalized spacial score (nSPS) is 19.9. The Labute approximate surface area is 120 Å². The van der Waals surface area contributed by atoms with Crippen LogP contribution in [0.15, 0.2) is 35.5 Å². The summed E-state index contributed by atoms with van der Waals surface area (Å²) in [5.74, 6) is -1.42. The first-order valence-electron chi connectivity index (χ1n) is 5.95. The number of allylic oxidation sites excluding steroid dienone is 2. The van der Waals surface area contributed by atoms with E-state index in [-0.39, 0.29) is 5.57 Å². The maximum Gasteiger partial charge on any atom is 0.326 e. The molecule has 20 heavy (non-hydrogen) atoms. The number of nitriles is 1. The van der Waals surface area contributed by atoms with E-state index in [1.165, 1.54) is 12.1 Å². The molecule has 1 saturated heterocycles. The van der Waals surface area contributed by atoms with Crippen LogP contribution in [0.5, 0.6) is 0 Å². The first kappa shape index (κ1) is 14.1. The van der Waals surface area contributed by atoms with Crippen LogP contribution in [-0.4, -0.2) is 22.9 Å². The highest BCUT2D eigenvalue weighted by atomic mass is 35.5. The van der Waals surface area contributed by atoms with Crippen LogP contribution in [0.1, 0.15) is 23.2 Å². The molecule has 0 aromatic heterocycles. The minimum atomic E-state index is -0.990. The van der Waals surface area contributed by atoms with Gasteiger partial charge in [-0.3, -0.25) is 4.79 Å². The first-order valence-corrected chi connectivity index (χ1v) is 6.33. The van der Waals surface area contributed by atoms with Crippen LogP contribution in [0, 0.1) is 11.3 Å². The van der Waals surface area contributed by atoms with Gasteiger partial charge in [-0.15, -0.1) is 0 Å². The minimum Gasteiger partial charge on any atom is -0.480 e. The summed E-state index contributed by atoms with van der Waals surface area (Å²) < 4.78 is 0. The van der Waals surface area contributed by atoms with Crippen LogP contribution in [-0.2, 0) is 4.79 Å². The zero-order valence-electron chi connectivity index (χ0n) is 10.4. The molecule has 6 heteroatoms. The van der Waals surface area contributed by atoms with Crippen molar-refractivity contribution in [2.45, 2.75) is 18.9 Å². The molecule has 1 aliphatic heterocycles. The number of aliphatic carboxylic acids is 1. The van der Waals surface area contributed by atoms with E-state index in [2.05, 4.69) is 5.32 Å². The number of carboxylic acid groups (broad SMARTS) is 1. The summed E-state index contributed by atoms with van der Waals surface area (Å²) in [4.78, 5) is 23.1. The highest BCUT2D eigenvalue weighted by Gasteiger charge is 2.28. The molecule has 0 bridgehead atoms. The van der Waals surface area contributed by atoms with Gasteiger partial charge in [-0.05, 0) is 37.1 Å². The quantitative estimate of drug-likeness (QED) is 0.506. The van der Waals surface area contributed by atoms with E-state index in [1.54, 1.807) is 12.1 Å². The van der Waals surface area contributed by atoms with Crippen LogP contribution >= 0.6 is 11.6 Å². The van der Waals surface area contributed by atoms with Crippen molar-refractivity contribution in [2.75, 3.05) is 0 Å². The number of carbonyl (C=O) groups is 2. The molecule has 1 heterocycles. The lowest BCUT2D eigenvalue weighted by Crippen LogP contribution is -2.30. The van der Waals surface area contributed by atoms with Crippen molar-refractivity contribution >= 4 is 23.4 Å². The van der Waals surface area contributed by atoms with Crippen molar-refractivity contribution in [3.05, 3.63) is 46.1 Å². The third-order valence-corrected chi connectivity index (χ3v) is 3.33. The van der Waals surface area contributed by atoms with E-state index in [0.717, 1.165) is 0 Å². The van der Waals surface area contributed by atoms with Crippen molar-refractivity contribution in [1.29, 1.82) is 5.26 Å². The van der Waals surface area contributed by atoms with Gasteiger partial charge in [0.15, 0.2) is 0 Å². The number of Topliss-reactive ketones (excluding diaryl/α,β-unsaturated/α-hetero) is 1. The van der Waals surface area contributed by atoms with E-state index in [9.17, 15) is 9.59 Å². The number of hydrogen-bond donors (Lipinski definition) is 2. The van der Waals surface area contributed by atoms with Crippen LogP contribution in [0.4, 0.5) is 0 Å². The van der Waals surface area contributed by atoms with E-state index in [0.29, 0.717) is 29.1 Å². The number of hydrogen-bond acceptors (Lipinski definition) is 4. The Bertz CT molecular complexity index is 629. The molecule has 5 nitrogen and oxygen atoms in total. The van der Waals surface area contributed by atoms with E-state index >= 15 is 0 Å². The Balaban J connectivity index is 2.29. The molecule has 0 amide bonds. The molecule has 0 radical (unpaired) electrons. The SMILES string of the molecule is N#C/C(C(=O)c1ccc(Cl)cc1)=C1/CCC(C(=O)O)N1. The van der Waals surface area contributed by atoms with Gasteiger partial charge in [-0.25, -0.2) is 4.79 Å². The maximum absolute atomic E-state index is 12.2. The van der Waals surface area contributed by atoms with Gasteiger partial charge in [0.25, 0.3) is 0 Å². The molecule has 0 saturated carbocycles. The van der Waals surface area contributed by atoms with E-state index in [4.69, 9.17) is 22.0 Å². The average molecular weight is 291 g/mol. The smallest absolute Gasteiger partial charge is 0.326 e. The zero-order valence-corrected chi connectivity index (χ0v) is 11.1. The Hall–Kier alpha value is -2.32. The molecule has 2 N–H and O–H groups in total. The fourth-order valence-electron chi connectivity index (χ4n) is 2.03. The summed E-state index contributed by atoms with van der Waals surface area (Å²) in [5.41, 5.74) is 0.690. The van der Waals surface area contributed by atoms with E-state index < -0.39 is 17.8 Å². The van der Waals surface area contributed by atoms with Crippen LogP contribution in [0.3, 0.4) is 0 Å². The molecule has 1 aliphatic rings. The molecule has 1 aromatic rings. The van der Waals surface area contributed by atoms with Crippen LogP contribution < -0.4 is 5.32 Å². The molecule has 0 aliphatic carbocycles. The summed E-state index contributed by atoms with van der Waals surface area (Å²) in [5, 5.41) is 21.3. The lowest BCUT2D eigenvalue weighted by Gasteiger charge is -2.07. The summed E-state index contributed by atoms with van der Waals surface area (Å²) in [6.45, 7) is 0. The Morgan fingerprint density at radius 3 is 2.50 bits per heavy atom. The molecule has 2 rings (SSSR count). The largest absolute Gasteiger partial charge is 0.480 e. The zero-order chi connectivity index (χ0) is 14.7. The molecular weight excluding hydrogens is 280 g/mol. The molecule has 102 valence electrons. The highest BCUT2D eigenvalue weighted by Crippen LogP contribution is 2.22. The van der Waals surface area contributed by atoms with Crippen molar-refractivity contribution in [3.8, 4) is 6.07 Å². The third-order valence-electron chi connectivity index (χ3n) is 3.08. The second-order valence-corrected chi connectivity index (χ2v) is 4.81. The third kappa shape index (κ3) is 2.81. The minimum absolute atomic E-state index is 0.0453. The van der Waals surface area contributed by atoms with Crippen molar-refractivity contribution in [2.24, 2.45) is 0 Å². The molecule has 1 fully saturated rings. The summed E-state index contributed by atoms with van der Waals surface area (Å²) >= 11 is 5.74. The van der Waals surface area contributed by atoms with Crippen molar-refractivity contribution in [3.63, 3.8) is 0 Å². The number of carboxylic acids is 1. The molecule has 1 aromatic carbocycles. The summed E-state index contributed by atoms with van der Waals surface area (Å²) in [6, 6.07) is 7.31. The van der Waals surface area contributed by atoms with Gasteiger partial charge in [0, 0.05) is 16.3 Å². The Morgan fingerprint density at radius 2 is 2.00 bits per heavy atom. The summed E-state index contributed by atoms with van der Waals surface area (Å²) in [6.07, 6.45) is 0.739. The topological polar surface area (TPSA) is 90.2 Å². The molecule has 1 unspecified atom stereocenters. The number of carbonyl (C=O) groups excluding carboxylic acids is 1. The number of halogens is 1. The average Bonchev–Trinajstić information content (AvgIpc) is 2.90. The molecule has 0 spiro atoms. The number of rotatable bonds is 3. The Morgan fingerprint density at radius 1 is 1.35 bits per heavy atom. The van der Waals surface area contributed by atoms with Gasteiger partial charge in [-0.1, -0.05) is 11.6 Å². The van der Waals surface area contributed by atoms with E-state index in [1.807, 2.05) is 6.07 Å². The van der Waals surface area contributed by atoms with Crippen LogP contribution in [0.2, 0.25) is 5.02 Å². The van der Waals surface area contributed by atoms with Gasteiger partial charge >= 0.3 is 5.97 Å². The predicted molar refractivity (Wildman–Crippen MR) is 72.2 cm³/mol. The monoisotopic (exact) mass is 290 g/mol. The van der Waals surface area contributed by atoms with Gasteiger partial charge in [-0.2, -0.15) is 5.26 Å². The predicted octanol–water partition coefficient (Wildman–Crippen LogP) is 2.14. The van der Waals surface area contributed by atoms with Crippen LogP contribution in [0.25, 0.3) is 0 Å². The molecule has 1 atom stereocenters. The van der Waals surface area contributed by atoms with Gasteiger partial charge < -0.3 is 10.4 Å². The lowest BCUT2D eigenvalue weighted by molar-refractivity contribution is -0.138. The maximum atomic E-state index is 12.2. The van der Waals surface area contributed by atoms with Crippen molar-refractivity contribution in [1.82, 2.24) is 5.32 Å². The lowest BCUT2D eigenvalue weighted by atomic mass is 10.0. The van der Waals surface area contributed by atoms with Gasteiger partial charge in [0.05, 0.1) is 0 Å². The number of nitrogens with one attached hydrogen (secondary N) is 1. The fourth-order valence-corrected chi connectivity index (χ4v) is 2.15. The first-order chi connectivity index (χ1) is 9.52. The molecular formula is C14H11ClN2O3. The second kappa shape index (κ2) is 5.76. The standard InChI is InChI=1S/C14H11ClN2O3/c15-9-3-1-8(2-4-9)13(18)10(7-16)11-5-6-12(17-11)14(19)20/h1-4,12,17H,5-6H2,(H,19,20)/b11-10+. The number of nitrogens with zero attached hydrogens (tertiary/aromatic N) is 1. The van der Waals surface area contributed by atoms with Crippen molar-refractivity contribution < 1.29 is 14.7 Å². The number of ketones is 1. The fraction of sp³-hybridized carbons (Fsp3) is 0.214. The highest BCUT2D eigenvalue weighted by molar-refractivity contribution is 6.30. The number of benzene rings is 1. The van der Waals surface area contributed by atoms with Gasteiger partial charge in [0.1, 0.15) is 17.7 Å².